The summed E-state index contributed by atoms with van der Waals surface area (Å²) in [5.74, 6) is 1.72. The number of carbonyl (C=O) groups excluding carboxylic acids is 1. The van der Waals surface area contributed by atoms with E-state index in [-0.39, 0.29) is 11.8 Å². The molecule has 0 spiro atoms. The molecule has 2 fully saturated rings. The summed E-state index contributed by atoms with van der Waals surface area (Å²) < 4.78 is 10.6. The van der Waals surface area contributed by atoms with Crippen LogP contribution in [0.3, 0.4) is 0 Å². The van der Waals surface area contributed by atoms with Gasteiger partial charge in [-0.3, -0.25) is 4.79 Å². The van der Waals surface area contributed by atoms with Crippen LogP contribution in [0.15, 0.2) is 27.4 Å². The SMILES string of the molecule is Cc1cc(C(=O)N2CCC(c3nc(NC4CC4)ncc3-c3cc(C)no3)CC2)on1. The summed E-state index contributed by atoms with van der Waals surface area (Å²) in [6.07, 6.45) is 5.74. The summed E-state index contributed by atoms with van der Waals surface area (Å²) in [7, 11) is 0. The molecular formula is C21H24N6O3. The van der Waals surface area contributed by atoms with Crippen molar-refractivity contribution in [2.75, 3.05) is 18.4 Å². The van der Waals surface area contributed by atoms with Crippen molar-refractivity contribution < 1.29 is 13.8 Å². The predicted molar refractivity (Wildman–Crippen MR) is 108 cm³/mol. The molecule has 1 amide bonds. The molecule has 3 aromatic heterocycles. The van der Waals surface area contributed by atoms with Crippen LogP contribution >= 0.6 is 0 Å². The van der Waals surface area contributed by atoms with Crippen molar-refractivity contribution in [3.05, 3.63) is 41.2 Å². The lowest BCUT2D eigenvalue weighted by Crippen LogP contribution is -2.38. The van der Waals surface area contributed by atoms with E-state index in [4.69, 9.17) is 14.0 Å². The Balaban J connectivity index is 1.37. The Morgan fingerprint density at radius 1 is 1.07 bits per heavy atom. The van der Waals surface area contributed by atoms with Crippen LogP contribution in [-0.2, 0) is 0 Å². The van der Waals surface area contributed by atoms with Crippen LogP contribution in [0.25, 0.3) is 11.3 Å². The van der Waals surface area contributed by atoms with E-state index < -0.39 is 0 Å². The molecule has 2 aliphatic rings. The van der Waals surface area contributed by atoms with Gasteiger partial charge in [0.1, 0.15) is 0 Å². The summed E-state index contributed by atoms with van der Waals surface area (Å²) in [5.41, 5.74) is 3.34. The topological polar surface area (TPSA) is 110 Å². The fourth-order valence-electron chi connectivity index (χ4n) is 3.84. The molecule has 1 saturated carbocycles. The highest BCUT2D eigenvalue weighted by Gasteiger charge is 2.30. The van der Waals surface area contributed by atoms with E-state index in [1.54, 1.807) is 6.07 Å². The molecule has 5 rings (SSSR count). The lowest BCUT2D eigenvalue weighted by Gasteiger charge is -2.31. The normalized spacial score (nSPS) is 17.3. The molecule has 30 heavy (non-hydrogen) atoms. The predicted octanol–water partition coefficient (Wildman–Crippen LogP) is 3.33. The minimum Gasteiger partial charge on any atom is -0.356 e. The first-order valence-corrected chi connectivity index (χ1v) is 10.4. The van der Waals surface area contributed by atoms with Crippen LogP contribution in [0.4, 0.5) is 5.95 Å². The number of hydrogen-bond acceptors (Lipinski definition) is 8. The standard InChI is InChI=1S/C21H24N6O3/c1-12-9-17(29-25-12)16-11-22-21(23-15-3-4-15)24-19(16)14-5-7-27(8-6-14)20(28)18-10-13(2)26-30-18/h9-11,14-15H,3-8H2,1-2H3,(H,22,23,24). The van der Waals surface area contributed by atoms with E-state index in [0.29, 0.717) is 42.3 Å². The minimum atomic E-state index is -0.112. The zero-order valence-electron chi connectivity index (χ0n) is 17.1. The van der Waals surface area contributed by atoms with E-state index in [2.05, 4.69) is 20.6 Å². The fraction of sp³-hybridized carbons (Fsp3) is 0.476. The highest BCUT2D eigenvalue weighted by atomic mass is 16.5. The molecule has 0 bridgehead atoms. The third kappa shape index (κ3) is 3.79. The fourth-order valence-corrected chi connectivity index (χ4v) is 3.84. The van der Waals surface area contributed by atoms with Crippen LogP contribution in [0.1, 0.15) is 59.2 Å². The molecule has 156 valence electrons. The van der Waals surface area contributed by atoms with Gasteiger partial charge in [-0.1, -0.05) is 10.3 Å². The molecule has 9 heteroatoms. The first-order chi connectivity index (χ1) is 14.6. The lowest BCUT2D eigenvalue weighted by atomic mass is 9.90. The van der Waals surface area contributed by atoms with Gasteiger partial charge in [-0.15, -0.1) is 0 Å². The molecule has 1 saturated heterocycles. The van der Waals surface area contributed by atoms with E-state index in [1.807, 2.05) is 31.0 Å². The molecular weight excluding hydrogens is 384 g/mol. The first kappa shape index (κ1) is 18.8. The highest BCUT2D eigenvalue weighted by molar-refractivity contribution is 5.91. The number of aromatic nitrogens is 4. The van der Waals surface area contributed by atoms with E-state index in [1.165, 1.54) is 0 Å². The Morgan fingerprint density at radius 2 is 1.80 bits per heavy atom. The maximum absolute atomic E-state index is 12.7. The average molecular weight is 408 g/mol. The van der Waals surface area contributed by atoms with Crippen molar-refractivity contribution in [2.45, 2.75) is 51.5 Å². The molecule has 9 nitrogen and oxygen atoms in total. The zero-order chi connectivity index (χ0) is 20.7. The second-order valence-corrected chi connectivity index (χ2v) is 8.14. The van der Waals surface area contributed by atoms with Gasteiger partial charge in [0.15, 0.2) is 5.76 Å². The number of rotatable bonds is 5. The van der Waals surface area contributed by atoms with E-state index >= 15 is 0 Å². The van der Waals surface area contributed by atoms with Gasteiger partial charge < -0.3 is 19.3 Å². The number of piperidine rings is 1. The summed E-state index contributed by atoms with van der Waals surface area (Å²) in [5, 5.41) is 11.2. The number of amides is 1. The van der Waals surface area contributed by atoms with Gasteiger partial charge in [-0.05, 0) is 39.5 Å². The van der Waals surface area contributed by atoms with Crippen LogP contribution < -0.4 is 5.32 Å². The van der Waals surface area contributed by atoms with Crippen LogP contribution in [-0.4, -0.2) is 50.2 Å². The van der Waals surface area contributed by atoms with Gasteiger partial charge in [0, 0.05) is 43.4 Å². The Bertz CT molecular complexity index is 1060. The Morgan fingerprint density at radius 3 is 2.43 bits per heavy atom. The number of hydrogen-bond donors (Lipinski definition) is 1. The van der Waals surface area contributed by atoms with Crippen molar-refractivity contribution in [3.8, 4) is 11.3 Å². The molecule has 1 N–H and O–H groups in total. The van der Waals surface area contributed by atoms with E-state index in [9.17, 15) is 4.79 Å². The second-order valence-electron chi connectivity index (χ2n) is 8.14. The van der Waals surface area contributed by atoms with Crippen molar-refractivity contribution in [1.82, 2.24) is 25.2 Å². The van der Waals surface area contributed by atoms with Crippen LogP contribution in [0, 0.1) is 13.8 Å². The van der Waals surface area contributed by atoms with Gasteiger partial charge in [0.05, 0.1) is 22.6 Å². The van der Waals surface area contributed by atoms with Crippen molar-refractivity contribution in [3.63, 3.8) is 0 Å². The van der Waals surface area contributed by atoms with Crippen molar-refractivity contribution in [1.29, 1.82) is 0 Å². The smallest absolute Gasteiger partial charge is 0.292 e. The molecule has 0 unspecified atom stereocenters. The summed E-state index contributed by atoms with van der Waals surface area (Å²) in [6, 6.07) is 4.06. The van der Waals surface area contributed by atoms with Crippen LogP contribution in [0.5, 0.6) is 0 Å². The number of anilines is 1. The maximum atomic E-state index is 12.7. The summed E-state index contributed by atoms with van der Waals surface area (Å²) >= 11 is 0. The molecule has 4 heterocycles. The maximum Gasteiger partial charge on any atom is 0.292 e. The summed E-state index contributed by atoms with van der Waals surface area (Å²) in [4.78, 5) is 23.8. The Kier molecular flexibility index (Phi) is 4.72. The highest BCUT2D eigenvalue weighted by Crippen LogP contribution is 2.35. The Hall–Kier alpha value is -3.23. The van der Waals surface area contributed by atoms with Gasteiger partial charge in [0.2, 0.25) is 11.7 Å². The molecule has 0 aromatic carbocycles. The molecule has 0 radical (unpaired) electrons. The number of carbonyl (C=O) groups is 1. The minimum absolute atomic E-state index is 0.112. The van der Waals surface area contributed by atoms with E-state index in [0.717, 1.165) is 42.6 Å². The van der Waals surface area contributed by atoms with Crippen LogP contribution in [0.2, 0.25) is 0 Å². The van der Waals surface area contributed by atoms with Crippen molar-refractivity contribution >= 4 is 11.9 Å². The molecule has 1 aliphatic carbocycles. The third-order valence-corrected chi connectivity index (χ3v) is 5.63. The number of aryl methyl sites for hydroxylation is 2. The first-order valence-electron chi connectivity index (χ1n) is 10.4. The number of nitrogens with one attached hydrogen (secondary N) is 1. The zero-order valence-corrected chi connectivity index (χ0v) is 17.1. The summed E-state index contributed by atoms with van der Waals surface area (Å²) in [6.45, 7) is 4.97. The number of likely N-dealkylation sites (tertiary alicyclic amines) is 1. The molecule has 0 atom stereocenters. The quantitative estimate of drug-likeness (QED) is 0.684. The molecule has 1 aliphatic heterocycles. The lowest BCUT2D eigenvalue weighted by molar-refractivity contribution is 0.0670. The van der Waals surface area contributed by atoms with Gasteiger partial charge in [0.25, 0.3) is 5.91 Å². The third-order valence-electron chi connectivity index (χ3n) is 5.63. The molecule has 3 aromatic rings. The second kappa shape index (κ2) is 7.55. The van der Waals surface area contributed by atoms with Gasteiger partial charge in [-0.25, -0.2) is 9.97 Å². The largest absolute Gasteiger partial charge is 0.356 e. The Labute approximate surface area is 173 Å². The van der Waals surface area contributed by atoms with Gasteiger partial charge in [-0.2, -0.15) is 0 Å². The average Bonchev–Trinajstić information content (AvgIpc) is 3.29. The monoisotopic (exact) mass is 408 g/mol. The van der Waals surface area contributed by atoms with Gasteiger partial charge >= 0.3 is 0 Å². The number of nitrogens with zero attached hydrogens (tertiary/aromatic N) is 5. The van der Waals surface area contributed by atoms with Crippen molar-refractivity contribution in [2.24, 2.45) is 0 Å².